The molecule has 2 aliphatic heterocycles. The Labute approximate surface area is 207 Å². The molecule has 36 heavy (non-hydrogen) atoms. The SMILES string of the molecule is O=C1Nc2ccccc2[C@]12C[C@@H]2c1cc2[nH]nc(/C=C/c3ccc(N4CCOCC4)nc3)c2cc1F. The monoisotopic (exact) mass is 481 g/mol. The summed E-state index contributed by atoms with van der Waals surface area (Å²) >= 11 is 0. The summed E-state index contributed by atoms with van der Waals surface area (Å²) in [5.41, 5.74) is 4.01. The first-order valence-electron chi connectivity index (χ1n) is 12.2. The summed E-state index contributed by atoms with van der Waals surface area (Å²) in [5, 5.41) is 11.1. The van der Waals surface area contributed by atoms with Crippen LogP contribution in [0.1, 0.15) is 34.7 Å². The Morgan fingerprint density at radius 1 is 1.11 bits per heavy atom. The molecule has 1 amide bonds. The molecule has 1 aliphatic carbocycles. The zero-order valence-corrected chi connectivity index (χ0v) is 19.5. The van der Waals surface area contributed by atoms with E-state index in [4.69, 9.17) is 4.74 Å². The van der Waals surface area contributed by atoms with Gasteiger partial charge in [-0.2, -0.15) is 5.10 Å². The van der Waals surface area contributed by atoms with Gasteiger partial charge in [-0.3, -0.25) is 9.89 Å². The van der Waals surface area contributed by atoms with Crippen LogP contribution in [0.25, 0.3) is 23.1 Å². The fourth-order valence-electron chi connectivity index (χ4n) is 5.64. The first-order chi connectivity index (χ1) is 17.6. The summed E-state index contributed by atoms with van der Waals surface area (Å²) in [4.78, 5) is 19.6. The summed E-state index contributed by atoms with van der Waals surface area (Å²) in [6.07, 6.45) is 6.22. The van der Waals surface area contributed by atoms with E-state index >= 15 is 4.39 Å². The lowest BCUT2D eigenvalue weighted by Crippen LogP contribution is -2.36. The van der Waals surface area contributed by atoms with Gasteiger partial charge in [0.05, 0.1) is 29.8 Å². The van der Waals surface area contributed by atoms with Gasteiger partial charge in [0.1, 0.15) is 11.6 Å². The van der Waals surface area contributed by atoms with E-state index in [0.717, 1.165) is 54.5 Å². The number of aromatic amines is 1. The number of halogens is 1. The molecule has 2 aromatic carbocycles. The topological polar surface area (TPSA) is 83.1 Å². The number of para-hydroxylation sites is 1. The second-order valence-corrected chi connectivity index (χ2v) is 9.64. The minimum absolute atomic E-state index is 0.0466. The largest absolute Gasteiger partial charge is 0.378 e. The molecule has 0 radical (unpaired) electrons. The number of aromatic nitrogens is 3. The normalized spacial score (nSPS) is 23.0. The van der Waals surface area contributed by atoms with Gasteiger partial charge in [0.15, 0.2) is 0 Å². The van der Waals surface area contributed by atoms with Gasteiger partial charge in [-0.05, 0) is 59.5 Å². The van der Waals surface area contributed by atoms with Crippen molar-refractivity contribution in [2.45, 2.75) is 17.8 Å². The number of carbonyl (C=O) groups excluding carboxylic acids is 1. The lowest BCUT2D eigenvalue weighted by molar-refractivity contribution is -0.118. The third-order valence-electron chi connectivity index (χ3n) is 7.65. The summed E-state index contributed by atoms with van der Waals surface area (Å²) in [5.74, 6) is 0.388. The van der Waals surface area contributed by atoms with Crippen molar-refractivity contribution in [2.75, 3.05) is 36.5 Å². The molecule has 2 N–H and O–H groups in total. The molecule has 1 spiro atoms. The van der Waals surface area contributed by atoms with Crippen LogP contribution in [0.5, 0.6) is 0 Å². The summed E-state index contributed by atoms with van der Waals surface area (Å²) in [6, 6.07) is 15.0. The minimum atomic E-state index is -0.672. The van der Waals surface area contributed by atoms with Gasteiger partial charge in [-0.1, -0.05) is 24.3 Å². The van der Waals surface area contributed by atoms with Crippen molar-refractivity contribution >= 4 is 40.5 Å². The lowest BCUT2D eigenvalue weighted by atomic mass is 9.91. The Hall–Kier alpha value is -4.04. The predicted molar refractivity (Wildman–Crippen MR) is 136 cm³/mol. The average Bonchev–Trinajstić information content (AvgIpc) is 3.45. The van der Waals surface area contributed by atoms with Crippen LogP contribution >= 0.6 is 0 Å². The maximum absolute atomic E-state index is 15.4. The first-order valence-corrected chi connectivity index (χ1v) is 12.2. The highest BCUT2D eigenvalue weighted by molar-refractivity contribution is 6.10. The molecule has 0 unspecified atom stereocenters. The Morgan fingerprint density at radius 2 is 1.97 bits per heavy atom. The molecule has 4 aromatic rings. The second kappa shape index (κ2) is 7.99. The number of benzene rings is 2. The van der Waals surface area contributed by atoms with E-state index in [0.29, 0.717) is 23.1 Å². The Kier molecular flexibility index (Phi) is 4.72. The van der Waals surface area contributed by atoms with E-state index in [9.17, 15) is 4.79 Å². The standard InChI is InChI=1S/C28H24FN5O2/c29-22-13-19-23(7-5-17-6-8-26(30-16-17)34-9-11-36-12-10-34)32-33-25(19)14-18(22)21-15-28(21)20-3-1-2-4-24(20)31-27(28)35/h1-8,13-14,16,21H,9-12,15H2,(H,31,35)(H,32,33)/b7-5+/t21-,28+/m1/s1. The number of pyridine rings is 1. The number of amides is 1. The van der Waals surface area contributed by atoms with Gasteiger partial charge < -0.3 is 15.0 Å². The molecule has 8 heteroatoms. The molecule has 3 aliphatic rings. The number of ether oxygens (including phenoxy) is 1. The lowest BCUT2D eigenvalue weighted by Gasteiger charge is -2.27. The fraction of sp³-hybridized carbons (Fsp3) is 0.250. The number of nitrogens with one attached hydrogen (secondary N) is 2. The third-order valence-corrected chi connectivity index (χ3v) is 7.65. The molecular weight excluding hydrogens is 457 g/mol. The van der Waals surface area contributed by atoms with Crippen LogP contribution in [0.15, 0.2) is 54.7 Å². The number of hydrogen-bond acceptors (Lipinski definition) is 5. The van der Waals surface area contributed by atoms with E-state index in [-0.39, 0.29) is 17.6 Å². The van der Waals surface area contributed by atoms with Crippen LogP contribution in [0.2, 0.25) is 0 Å². The molecule has 1 saturated carbocycles. The predicted octanol–water partition coefficient (Wildman–Crippen LogP) is 4.48. The molecule has 4 heterocycles. The van der Waals surface area contributed by atoms with Crippen LogP contribution in [0.4, 0.5) is 15.9 Å². The van der Waals surface area contributed by atoms with Gasteiger partial charge in [-0.25, -0.2) is 9.37 Å². The number of rotatable bonds is 4. The van der Waals surface area contributed by atoms with E-state index in [1.165, 1.54) is 6.07 Å². The van der Waals surface area contributed by atoms with Crippen molar-refractivity contribution in [1.29, 1.82) is 0 Å². The van der Waals surface area contributed by atoms with Crippen LogP contribution in [-0.4, -0.2) is 47.4 Å². The molecule has 1 saturated heterocycles. The number of hydrogen-bond donors (Lipinski definition) is 2. The third kappa shape index (κ3) is 3.25. The zero-order valence-electron chi connectivity index (χ0n) is 19.5. The van der Waals surface area contributed by atoms with Crippen molar-refractivity contribution in [3.8, 4) is 0 Å². The van der Waals surface area contributed by atoms with Crippen LogP contribution in [0, 0.1) is 5.82 Å². The highest BCUT2D eigenvalue weighted by Gasteiger charge is 2.65. The summed E-state index contributed by atoms with van der Waals surface area (Å²) in [7, 11) is 0. The van der Waals surface area contributed by atoms with Gasteiger partial charge in [-0.15, -0.1) is 0 Å². The summed E-state index contributed by atoms with van der Waals surface area (Å²) in [6.45, 7) is 3.12. The molecular formula is C28H24FN5O2. The van der Waals surface area contributed by atoms with Gasteiger partial charge in [0, 0.05) is 36.3 Å². The van der Waals surface area contributed by atoms with E-state index < -0.39 is 5.41 Å². The van der Waals surface area contributed by atoms with E-state index in [1.807, 2.05) is 54.7 Å². The molecule has 2 atom stereocenters. The van der Waals surface area contributed by atoms with Crippen LogP contribution in [-0.2, 0) is 14.9 Å². The Morgan fingerprint density at radius 3 is 2.81 bits per heavy atom. The van der Waals surface area contributed by atoms with Crippen molar-refractivity contribution < 1.29 is 13.9 Å². The van der Waals surface area contributed by atoms with Gasteiger partial charge in [0.2, 0.25) is 5.91 Å². The molecule has 7 rings (SSSR count). The molecule has 2 aromatic heterocycles. The zero-order chi connectivity index (χ0) is 24.3. The van der Waals surface area contributed by atoms with E-state index in [1.54, 1.807) is 6.07 Å². The smallest absolute Gasteiger partial charge is 0.235 e. The number of anilines is 2. The highest BCUT2D eigenvalue weighted by atomic mass is 19.1. The van der Waals surface area contributed by atoms with E-state index in [2.05, 4.69) is 25.4 Å². The second-order valence-electron chi connectivity index (χ2n) is 9.64. The number of H-pyrrole nitrogens is 1. The number of morpholine rings is 1. The maximum Gasteiger partial charge on any atom is 0.235 e. The number of fused-ring (bicyclic) bond motifs is 3. The highest BCUT2D eigenvalue weighted by Crippen LogP contribution is 2.65. The van der Waals surface area contributed by atoms with Crippen molar-refractivity contribution in [1.82, 2.24) is 15.2 Å². The van der Waals surface area contributed by atoms with Crippen molar-refractivity contribution in [2.24, 2.45) is 0 Å². The molecule has 2 fully saturated rings. The maximum atomic E-state index is 15.4. The molecule has 7 nitrogen and oxygen atoms in total. The first kappa shape index (κ1) is 21.3. The Bertz CT molecular complexity index is 1520. The summed E-state index contributed by atoms with van der Waals surface area (Å²) < 4.78 is 20.8. The fourth-order valence-corrected chi connectivity index (χ4v) is 5.64. The van der Waals surface area contributed by atoms with Crippen LogP contribution < -0.4 is 10.2 Å². The molecule has 0 bridgehead atoms. The van der Waals surface area contributed by atoms with Gasteiger partial charge >= 0.3 is 0 Å². The molecule has 180 valence electrons. The number of carbonyl (C=O) groups is 1. The van der Waals surface area contributed by atoms with Crippen molar-refractivity contribution in [3.05, 3.63) is 82.9 Å². The average molecular weight is 482 g/mol. The van der Waals surface area contributed by atoms with Crippen molar-refractivity contribution in [3.63, 3.8) is 0 Å². The minimum Gasteiger partial charge on any atom is -0.378 e. The quantitative estimate of drug-likeness (QED) is 0.449. The Balaban J connectivity index is 1.14. The van der Waals surface area contributed by atoms with Gasteiger partial charge in [0.25, 0.3) is 0 Å². The van der Waals surface area contributed by atoms with Crippen LogP contribution in [0.3, 0.4) is 0 Å². The number of nitrogens with zero attached hydrogens (tertiary/aromatic N) is 3.